The fourth-order valence-electron chi connectivity index (χ4n) is 3.51. The Bertz CT molecular complexity index is 1160. The van der Waals surface area contributed by atoms with Crippen LogP contribution >= 0.6 is 0 Å². The van der Waals surface area contributed by atoms with Gasteiger partial charge in [-0.2, -0.15) is 0 Å². The van der Waals surface area contributed by atoms with E-state index in [0.29, 0.717) is 18.5 Å². The summed E-state index contributed by atoms with van der Waals surface area (Å²) in [5, 5.41) is 16.4. The fourth-order valence-corrected chi connectivity index (χ4v) is 3.51. The third-order valence-electron chi connectivity index (χ3n) is 5.09. The van der Waals surface area contributed by atoms with Gasteiger partial charge < -0.3 is 14.4 Å². The summed E-state index contributed by atoms with van der Waals surface area (Å²) in [4.78, 5) is 11.2. The quantitative estimate of drug-likeness (QED) is 0.472. The van der Waals surface area contributed by atoms with E-state index in [2.05, 4.69) is 11.2 Å². The summed E-state index contributed by atoms with van der Waals surface area (Å²) in [5.74, 6) is 0.655. The van der Waals surface area contributed by atoms with Gasteiger partial charge in [-0.05, 0) is 53.1 Å². The van der Waals surface area contributed by atoms with Gasteiger partial charge in [0.05, 0.1) is 12.1 Å². The fraction of sp³-hybridized carbons (Fsp3) is 0.182. The van der Waals surface area contributed by atoms with Gasteiger partial charge in [0.25, 0.3) is 0 Å². The number of fused-ring (bicyclic) bond motifs is 2. The van der Waals surface area contributed by atoms with Crippen molar-refractivity contribution in [1.29, 1.82) is 0 Å². The van der Waals surface area contributed by atoms with E-state index in [1.165, 1.54) is 0 Å². The third-order valence-corrected chi connectivity index (χ3v) is 5.09. The van der Waals surface area contributed by atoms with Gasteiger partial charge in [0.2, 0.25) is 5.88 Å². The number of hydrogen-bond donors (Lipinski definition) is 1. The molecule has 0 unspecified atom stereocenters. The number of benzene rings is 3. The molecule has 3 aromatic carbocycles. The first kappa shape index (κ1) is 17.1. The Hall–Kier alpha value is -3.34. The van der Waals surface area contributed by atoms with Gasteiger partial charge in [0.1, 0.15) is 12.4 Å². The molecule has 0 spiro atoms. The number of rotatable bonds is 5. The molecule has 5 nitrogen and oxygen atoms in total. The van der Waals surface area contributed by atoms with Gasteiger partial charge in [0, 0.05) is 5.39 Å². The maximum absolute atomic E-state index is 11.2. The van der Waals surface area contributed by atoms with E-state index in [0.717, 1.165) is 33.2 Å². The normalized spacial score (nSPS) is 11.2. The molecule has 136 valence electrons. The Morgan fingerprint density at radius 1 is 1.04 bits per heavy atom. The molecule has 1 heterocycles. The van der Waals surface area contributed by atoms with Crippen LogP contribution in [0.2, 0.25) is 0 Å². The molecule has 0 atom stereocenters. The molecule has 0 saturated carbocycles. The molecule has 4 aromatic rings. The van der Waals surface area contributed by atoms with E-state index in [-0.39, 0.29) is 11.6 Å². The zero-order valence-electron chi connectivity index (χ0n) is 15.3. The monoisotopic (exact) mass is 360 g/mol. The minimum Gasteiger partial charge on any atom is -0.493 e. The zero-order chi connectivity index (χ0) is 19.0. The highest BCUT2D eigenvalue weighted by Crippen LogP contribution is 2.40. The maximum Gasteiger partial charge on any atom is 0.222 e. The molecule has 4 rings (SSSR count). The van der Waals surface area contributed by atoms with Crippen LogP contribution in [0.1, 0.15) is 11.1 Å². The minimum absolute atomic E-state index is 0.0822. The lowest BCUT2D eigenvalue weighted by atomic mass is 10.1. The lowest BCUT2D eigenvalue weighted by Crippen LogP contribution is -2.08. The predicted octanol–water partition coefficient (Wildman–Crippen LogP) is 5.59. The molecule has 0 saturated heterocycles. The van der Waals surface area contributed by atoms with Gasteiger partial charge in [-0.3, -0.25) is 0 Å². The first-order valence-corrected chi connectivity index (χ1v) is 8.86. The Kier molecular flexibility index (Phi) is 4.28. The van der Waals surface area contributed by atoms with Crippen molar-refractivity contribution in [2.75, 3.05) is 6.61 Å². The standard InChI is InChI=1S/C22H20N2O3/c1-14-7-10-19-20(23-26)22(25)24(21(19)15(14)2)11-12-27-18-9-8-16-5-3-4-6-17(16)13-18/h3-10,13,25H,11-12H2,1-2H3. The molecule has 1 aromatic heterocycles. The Morgan fingerprint density at radius 2 is 1.81 bits per heavy atom. The molecule has 0 fully saturated rings. The van der Waals surface area contributed by atoms with Crippen LogP contribution in [0.5, 0.6) is 11.6 Å². The van der Waals surface area contributed by atoms with Gasteiger partial charge >= 0.3 is 0 Å². The van der Waals surface area contributed by atoms with Crippen molar-refractivity contribution in [2.45, 2.75) is 20.4 Å². The highest BCUT2D eigenvalue weighted by Gasteiger charge is 2.19. The molecule has 5 heteroatoms. The summed E-state index contributed by atoms with van der Waals surface area (Å²) < 4.78 is 7.60. The van der Waals surface area contributed by atoms with Crippen molar-refractivity contribution in [1.82, 2.24) is 4.57 Å². The van der Waals surface area contributed by atoms with Crippen LogP contribution in [0.15, 0.2) is 59.8 Å². The summed E-state index contributed by atoms with van der Waals surface area (Å²) >= 11 is 0. The smallest absolute Gasteiger partial charge is 0.222 e. The molecule has 0 aliphatic heterocycles. The molecule has 27 heavy (non-hydrogen) atoms. The van der Waals surface area contributed by atoms with E-state index >= 15 is 0 Å². The number of nitrogens with zero attached hydrogens (tertiary/aromatic N) is 2. The Balaban J connectivity index is 1.62. The van der Waals surface area contributed by atoms with Crippen LogP contribution in [-0.4, -0.2) is 16.3 Å². The first-order valence-electron chi connectivity index (χ1n) is 8.86. The van der Waals surface area contributed by atoms with E-state index in [9.17, 15) is 10.0 Å². The molecule has 1 N–H and O–H groups in total. The third kappa shape index (κ3) is 2.91. The van der Waals surface area contributed by atoms with Crippen LogP contribution in [0, 0.1) is 18.8 Å². The van der Waals surface area contributed by atoms with E-state index < -0.39 is 0 Å². The van der Waals surface area contributed by atoms with Crippen LogP contribution in [0.4, 0.5) is 5.69 Å². The maximum atomic E-state index is 11.2. The number of nitroso groups, excluding NO2 is 1. The Labute approximate surface area is 156 Å². The zero-order valence-corrected chi connectivity index (χ0v) is 15.3. The summed E-state index contributed by atoms with van der Waals surface area (Å²) in [5.41, 5.74) is 3.01. The topological polar surface area (TPSA) is 63.8 Å². The SMILES string of the molecule is Cc1ccc2c(N=O)c(O)n(CCOc3ccc4ccccc4c3)c2c1C. The number of hydrogen-bond acceptors (Lipinski definition) is 4. The second kappa shape index (κ2) is 6.76. The Morgan fingerprint density at radius 3 is 2.59 bits per heavy atom. The van der Waals surface area contributed by atoms with Gasteiger partial charge in [-0.1, -0.05) is 42.5 Å². The first-order chi connectivity index (χ1) is 13.1. The molecule has 0 aliphatic rings. The van der Waals surface area contributed by atoms with Crippen molar-refractivity contribution in [2.24, 2.45) is 5.18 Å². The minimum atomic E-state index is -0.115. The van der Waals surface area contributed by atoms with Crippen molar-refractivity contribution >= 4 is 27.4 Å². The van der Waals surface area contributed by atoms with Gasteiger partial charge in [-0.25, -0.2) is 0 Å². The number of aromatic nitrogens is 1. The molecular formula is C22H20N2O3. The highest BCUT2D eigenvalue weighted by atomic mass is 16.5. The van der Waals surface area contributed by atoms with Gasteiger partial charge in [-0.15, -0.1) is 4.91 Å². The average molecular weight is 360 g/mol. The van der Waals surface area contributed by atoms with E-state index in [1.54, 1.807) is 4.57 Å². The van der Waals surface area contributed by atoms with Crippen molar-refractivity contribution in [3.8, 4) is 11.6 Å². The molecule has 0 aliphatic carbocycles. The second-order valence-corrected chi connectivity index (χ2v) is 6.68. The van der Waals surface area contributed by atoms with Crippen LogP contribution in [0.3, 0.4) is 0 Å². The van der Waals surface area contributed by atoms with Gasteiger partial charge in [0.15, 0.2) is 5.69 Å². The molecular weight excluding hydrogens is 340 g/mol. The van der Waals surface area contributed by atoms with Crippen molar-refractivity contribution in [3.63, 3.8) is 0 Å². The summed E-state index contributed by atoms with van der Waals surface area (Å²) in [6, 6.07) is 17.8. The largest absolute Gasteiger partial charge is 0.493 e. The highest BCUT2D eigenvalue weighted by molar-refractivity contribution is 5.97. The summed E-state index contributed by atoms with van der Waals surface area (Å²) in [6.45, 7) is 4.76. The molecule has 0 amide bonds. The van der Waals surface area contributed by atoms with Crippen molar-refractivity contribution < 1.29 is 9.84 Å². The summed E-state index contributed by atoms with van der Waals surface area (Å²) in [7, 11) is 0. The number of aromatic hydroxyl groups is 1. The second-order valence-electron chi connectivity index (χ2n) is 6.68. The van der Waals surface area contributed by atoms with Crippen molar-refractivity contribution in [3.05, 3.63) is 70.6 Å². The van der Waals surface area contributed by atoms with Crippen LogP contribution < -0.4 is 4.74 Å². The number of aryl methyl sites for hydroxylation is 2. The lowest BCUT2D eigenvalue weighted by Gasteiger charge is -2.12. The van der Waals surface area contributed by atoms with E-state index in [1.807, 2.05) is 62.4 Å². The lowest BCUT2D eigenvalue weighted by molar-refractivity contribution is 0.291. The molecule has 0 bridgehead atoms. The molecule has 0 radical (unpaired) electrons. The van der Waals surface area contributed by atoms with Crippen LogP contribution in [0.25, 0.3) is 21.7 Å². The van der Waals surface area contributed by atoms with Crippen LogP contribution in [-0.2, 0) is 6.54 Å². The average Bonchev–Trinajstić information content (AvgIpc) is 2.96. The number of ether oxygens (including phenoxy) is 1. The van der Waals surface area contributed by atoms with E-state index in [4.69, 9.17) is 4.74 Å². The predicted molar refractivity (Wildman–Crippen MR) is 108 cm³/mol. The summed E-state index contributed by atoms with van der Waals surface area (Å²) in [6.07, 6.45) is 0.